The Hall–Kier alpha value is -0.160. The first-order valence-corrected chi connectivity index (χ1v) is 9.13. The van der Waals surface area contributed by atoms with Crippen molar-refractivity contribution in [3.05, 3.63) is 0 Å². The standard InChI is InChI=1S/2C9H22N2/c1-8(7-11)6-9(2,3)4-5-10;1-9(8-11)6-4-2-3-5-7-10/h8H,4-7,10-11H2,1-3H3;9H,2-8,10-11H2,1H3. The lowest BCUT2D eigenvalue weighted by molar-refractivity contribution is 0.264. The summed E-state index contributed by atoms with van der Waals surface area (Å²) in [6.45, 7) is 12.2. The van der Waals surface area contributed by atoms with E-state index in [1.54, 1.807) is 0 Å². The zero-order valence-electron chi connectivity index (χ0n) is 15.7. The van der Waals surface area contributed by atoms with Crippen molar-refractivity contribution in [1.82, 2.24) is 0 Å². The fourth-order valence-corrected chi connectivity index (χ4v) is 2.63. The molecule has 0 aromatic carbocycles. The fourth-order valence-electron chi connectivity index (χ4n) is 2.63. The second-order valence-corrected chi connectivity index (χ2v) is 7.58. The van der Waals surface area contributed by atoms with Gasteiger partial charge in [0.05, 0.1) is 0 Å². The van der Waals surface area contributed by atoms with E-state index in [2.05, 4.69) is 27.7 Å². The topological polar surface area (TPSA) is 104 Å². The van der Waals surface area contributed by atoms with Crippen molar-refractivity contribution >= 4 is 0 Å². The van der Waals surface area contributed by atoms with Crippen molar-refractivity contribution in [3.63, 3.8) is 0 Å². The normalized spacial score (nSPS) is 14.2. The first-order valence-electron chi connectivity index (χ1n) is 9.13. The monoisotopic (exact) mass is 316 g/mol. The van der Waals surface area contributed by atoms with Gasteiger partial charge in [-0.15, -0.1) is 0 Å². The molecule has 0 fully saturated rings. The minimum absolute atomic E-state index is 0.369. The zero-order valence-corrected chi connectivity index (χ0v) is 15.7. The molecular formula is C18H44N4. The van der Waals surface area contributed by atoms with E-state index in [0.717, 1.165) is 32.6 Å². The van der Waals surface area contributed by atoms with E-state index in [4.69, 9.17) is 22.9 Å². The van der Waals surface area contributed by atoms with Crippen LogP contribution in [0.25, 0.3) is 0 Å². The van der Waals surface area contributed by atoms with Crippen LogP contribution in [0.15, 0.2) is 0 Å². The lowest BCUT2D eigenvalue weighted by atomic mass is 9.81. The molecule has 0 heterocycles. The molecule has 0 aromatic heterocycles. The molecule has 0 saturated carbocycles. The van der Waals surface area contributed by atoms with E-state index in [0.29, 0.717) is 17.3 Å². The van der Waals surface area contributed by atoms with Crippen LogP contribution in [0.4, 0.5) is 0 Å². The summed E-state index contributed by atoms with van der Waals surface area (Å²) in [5, 5.41) is 0. The molecule has 0 radical (unpaired) electrons. The molecule has 0 spiro atoms. The SMILES string of the molecule is CC(CN)CC(C)(C)CCN.CC(CN)CCCCCCN. The van der Waals surface area contributed by atoms with Crippen molar-refractivity contribution in [1.29, 1.82) is 0 Å². The van der Waals surface area contributed by atoms with Gasteiger partial charge in [0, 0.05) is 0 Å². The second-order valence-electron chi connectivity index (χ2n) is 7.58. The smallest absolute Gasteiger partial charge is 0.00513 e. The Balaban J connectivity index is 0. The molecule has 2 atom stereocenters. The number of unbranched alkanes of at least 4 members (excludes halogenated alkanes) is 3. The van der Waals surface area contributed by atoms with Crippen LogP contribution in [-0.2, 0) is 0 Å². The van der Waals surface area contributed by atoms with E-state index >= 15 is 0 Å². The molecule has 0 rings (SSSR count). The molecular weight excluding hydrogens is 272 g/mol. The Morgan fingerprint density at radius 1 is 0.727 bits per heavy atom. The highest BCUT2D eigenvalue weighted by atomic mass is 14.6. The first-order chi connectivity index (χ1) is 10.3. The van der Waals surface area contributed by atoms with Crippen molar-refractivity contribution in [2.24, 2.45) is 40.2 Å². The molecule has 0 aliphatic heterocycles. The maximum absolute atomic E-state index is 5.54. The summed E-state index contributed by atoms with van der Waals surface area (Å²) in [6, 6.07) is 0. The predicted octanol–water partition coefficient (Wildman–Crippen LogP) is 2.84. The summed E-state index contributed by atoms with van der Waals surface area (Å²) < 4.78 is 0. The van der Waals surface area contributed by atoms with Crippen LogP contribution >= 0.6 is 0 Å². The molecule has 0 aromatic rings. The van der Waals surface area contributed by atoms with Gasteiger partial charge in [0.15, 0.2) is 0 Å². The van der Waals surface area contributed by atoms with Crippen molar-refractivity contribution in [2.45, 2.75) is 72.6 Å². The molecule has 22 heavy (non-hydrogen) atoms. The van der Waals surface area contributed by atoms with Gasteiger partial charge in [0.2, 0.25) is 0 Å². The summed E-state index contributed by atoms with van der Waals surface area (Å²) in [6.07, 6.45) is 8.66. The average Bonchev–Trinajstić information content (AvgIpc) is 2.46. The molecule has 136 valence electrons. The highest BCUT2D eigenvalue weighted by Gasteiger charge is 2.19. The van der Waals surface area contributed by atoms with Crippen LogP contribution < -0.4 is 22.9 Å². The van der Waals surface area contributed by atoms with E-state index in [1.807, 2.05) is 0 Å². The minimum atomic E-state index is 0.369. The summed E-state index contributed by atoms with van der Waals surface area (Å²) in [7, 11) is 0. The lowest BCUT2D eigenvalue weighted by Crippen LogP contribution is -2.23. The highest BCUT2D eigenvalue weighted by molar-refractivity contribution is 4.72. The van der Waals surface area contributed by atoms with E-state index in [9.17, 15) is 0 Å². The van der Waals surface area contributed by atoms with Gasteiger partial charge in [0.25, 0.3) is 0 Å². The summed E-state index contributed by atoms with van der Waals surface area (Å²) in [5.74, 6) is 1.32. The van der Waals surface area contributed by atoms with Gasteiger partial charge in [-0.1, -0.05) is 47.0 Å². The molecule has 4 nitrogen and oxygen atoms in total. The Morgan fingerprint density at radius 2 is 1.27 bits per heavy atom. The zero-order chi connectivity index (χ0) is 17.4. The average molecular weight is 317 g/mol. The van der Waals surface area contributed by atoms with E-state index in [1.165, 1.54) is 38.5 Å². The fraction of sp³-hybridized carbons (Fsp3) is 1.00. The second kappa shape index (κ2) is 15.7. The number of nitrogens with two attached hydrogens (primary N) is 4. The van der Waals surface area contributed by atoms with Gasteiger partial charge in [-0.25, -0.2) is 0 Å². The van der Waals surface area contributed by atoms with Crippen LogP contribution in [0.5, 0.6) is 0 Å². The Labute approximate surface area is 139 Å². The Morgan fingerprint density at radius 3 is 1.73 bits per heavy atom. The quantitative estimate of drug-likeness (QED) is 0.415. The number of rotatable bonds is 12. The molecule has 0 aliphatic rings. The molecule has 0 saturated heterocycles. The van der Waals surface area contributed by atoms with Crippen LogP contribution in [0, 0.1) is 17.3 Å². The molecule has 0 amide bonds. The molecule has 2 unspecified atom stereocenters. The Kier molecular flexibility index (Phi) is 17.2. The summed E-state index contributed by atoms with van der Waals surface area (Å²) >= 11 is 0. The number of hydrogen-bond acceptors (Lipinski definition) is 4. The summed E-state index contributed by atoms with van der Waals surface area (Å²) in [5.41, 5.74) is 22.3. The third-order valence-electron chi connectivity index (χ3n) is 4.18. The van der Waals surface area contributed by atoms with Gasteiger partial charge >= 0.3 is 0 Å². The Bertz CT molecular complexity index is 219. The van der Waals surface area contributed by atoms with Gasteiger partial charge in [-0.2, -0.15) is 0 Å². The summed E-state index contributed by atoms with van der Waals surface area (Å²) in [4.78, 5) is 0. The largest absolute Gasteiger partial charge is 0.330 e. The van der Waals surface area contributed by atoms with Crippen molar-refractivity contribution in [2.75, 3.05) is 26.2 Å². The lowest BCUT2D eigenvalue weighted by Gasteiger charge is -2.26. The van der Waals surface area contributed by atoms with Gasteiger partial charge in [-0.05, 0) is 69.1 Å². The van der Waals surface area contributed by atoms with Crippen LogP contribution in [0.1, 0.15) is 72.6 Å². The highest BCUT2D eigenvalue weighted by Crippen LogP contribution is 2.27. The maximum Gasteiger partial charge on any atom is -0.00513 e. The molecule has 8 N–H and O–H groups in total. The van der Waals surface area contributed by atoms with E-state index < -0.39 is 0 Å². The van der Waals surface area contributed by atoms with E-state index in [-0.39, 0.29) is 0 Å². The van der Waals surface area contributed by atoms with Crippen LogP contribution in [0.2, 0.25) is 0 Å². The predicted molar refractivity (Wildman–Crippen MR) is 101 cm³/mol. The van der Waals surface area contributed by atoms with Crippen LogP contribution in [-0.4, -0.2) is 26.2 Å². The third kappa shape index (κ3) is 17.9. The maximum atomic E-state index is 5.54. The van der Waals surface area contributed by atoms with Gasteiger partial charge in [0.1, 0.15) is 0 Å². The molecule has 0 aliphatic carbocycles. The molecule has 0 bridgehead atoms. The third-order valence-corrected chi connectivity index (χ3v) is 4.18. The van der Waals surface area contributed by atoms with Gasteiger partial charge < -0.3 is 22.9 Å². The van der Waals surface area contributed by atoms with Gasteiger partial charge in [-0.3, -0.25) is 0 Å². The molecule has 4 heteroatoms. The van der Waals surface area contributed by atoms with Crippen molar-refractivity contribution in [3.8, 4) is 0 Å². The number of hydrogen-bond donors (Lipinski definition) is 4. The van der Waals surface area contributed by atoms with Crippen LogP contribution in [0.3, 0.4) is 0 Å². The minimum Gasteiger partial charge on any atom is -0.330 e. The van der Waals surface area contributed by atoms with Crippen molar-refractivity contribution < 1.29 is 0 Å². The first kappa shape index (κ1) is 24.1.